The number of methoxy groups -OCH3 is 1. The lowest BCUT2D eigenvalue weighted by molar-refractivity contribution is 0.188. The first-order chi connectivity index (χ1) is 9.60. The van der Waals surface area contributed by atoms with Crippen LogP contribution in [0.25, 0.3) is 0 Å². The van der Waals surface area contributed by atoms with Gasteiger partial charge in [-0.25, -0.2) is 4.98 Å². The zero-order valence-corrected chi connectivity index (χ0v) is 12.7. The van der Waals surface area contributed by atoms with E-state index < -0.39 is 0 Å². The molecule has 1 heterocycles. The summed E-state index contributed by atoms with van der Waals surface area (Å²) in [6, 6.07) is 8.47. The van der Waals surface area contributed by atoms with Gasteiger partial charge < -0.3 is 14.6 Å². The molecule has 4 nitrogen and oxygen atoms in total. The number of hydrogen-bond acceptors (Lipinski definition) is 3. The van der Waals surface area contributed by atoms with Crippen LogP contribution in [0.1, 0.15) is 31.0 Å². The summed E-state index contributed by atoms with van der Waals surface area (Å²) in [7, 11) is 1.71. The molecule has 1 aromatic heterocycles. The number of anilines is 2. The van der Waals surface area contributed by atoms with E-state index in [1.807, 2.05) is 13.1 Å². The van der Waals surface area contributed by atoms with Crippen LogP contribution < -0.4 is 5.32 Å². The van der Waals surface area contributed by atoms with Crippen molar-refractivity contribution in [3.05, 3.63) is 41.7 Å². The number of aromatic nitrogens is 2. The van der Waals surface area contributed by atoms with E-state index in [0.717, 1.165) is 23.9 Å². The Hall–Kier alpha value is -1.81. The first-order valence-corrected chi connectivity index (χ1v) is 7.00. The molecule has 20 heavy (non-hydrogen) atoms. The quantitative estimate of drug-likeness (QED) is 0.872. The van der Waals surface area contributed by atoms with Crippen molar-refractivity contribution in [2.75, 3.05) is 19.0 Å². The van der Waals surface area contributed by atoms with Crippen molar-refractivity contribution in [3.8, 4) is 0 Å². The summed E-state index contributed by atoms with van der Waals surface area (Å²) in [5, 5.41) is 3.39. The molecule has 2 rings (SSSR count). The van der Waals surface area contributed by atoms with Gasteiger partial charge in [0.2, 0.25) is 5.95 Å². The van der Waals surface area contributed by atoms with E-state index in [-0.39, 0.29) is 0 Å². The second-order valence-electron chi connectivity index (χ2n) is 5.30. The maximum Gasteiger partial charge on any atom is 0.207 e. The van der Waals surface area contributed by atoms with Crippen molar-refractivity contribution in [2.45, 2.75) is 33.2 Å². The van der Waals surface area contributed by atoms with Crippen LogP contribution in [0.2, 0.25) is 0 Å². The van der Waals surface area contributed by atoms with Gasteiger partial charge in [0.05, 0.1) is 12.3 Å². The SMILES string of the molecule is COCCn1cc(C)nc1Nc1cccc(C(C)C)c1. The van der Waals surface area contributed by atoms with Gasteiger partial charge in [0.25, 0.3) is 0 Å². The highest BCUT2D eigenvalue weighted by Gasteiger charge is 2.07. The van der Waals surface area contributed by atoms with E-state index in [1.54, 1.807) is 7.11 Å². The summed E-state index contributed by atoms with van der Waals surface area (Å²) in [6.45, 7) is 7.87. The topological polar surface area (TPSA) is 39.1 Å². The maximum atomic E-state index is 5.13. The summed E-state index contributed by atoms with van der Waals surface area (Å²) in [4.78, 5) is 4.53. The van der Waals surface area contributed by atoms with Crippen LogP contribution in [0.4, 0.5) is 11.6 Å². The Labute approximate surface area is 120 Å². The molecule has 0 aliphatic carbocycles. The Morgan fingerprint density at radius 2 is 2.15 bits per heavy atom. The number of nitrogens with zero attached hydrogens (tertiary/aromatic N) is 2. The molecule has 1 aromatic carbocycles. The third-order valence-corrected chi connectivity index (χ3v) is 3.24. The molecule has 4 heteroatoms. The zero-order chi connectivity index (χ0) is 14.5. The van der Waals surface area contributed by atoms with E-state index in [1.165, 1.54) is 5.56 Å². The molecule has 0 fully saturated rings. The number of rotatable bonds is 6. The third-order valence-electron chi connectivity index (χ3n) is 3.24. The molecule has 1 N–H and O–H groups in total. The molecule has 0 saturated heterocycles. The van der Waals surface area contributed by atoms with Gasteiger partial charge in [0.15, 0.2) is 0 Å². The minimum Gasteiger partial charge on any atom is -0.383 e. The minimum atomic E-state index is 0.520. The molecule has 0 radical (unpaired) electrons. The Balaban J connectivity index is 2.18. The molecule has 108 valence electrons. The highest BCUT2D eigenvalue weighted by atomic mass is 16.5. The zero-order valence-electron chi connectivity index (χ0n) is 12.7. The molecule has 0 bridgehead atoms. The molecule has 2 aromatic rings. The van der Waals surface area contributed by atoms with Crippen LogP contribution in [0.15, 0.2) is 30.5 Å². The Morgan fingerprint density at radius 1 is 1.35 bits per heavy atom. The fourth-order valence-electron chi connectivity index (χ4n) is 2.11. The number of benzene rings is 1. The predicted octanol–water partition coefficient (Wildman–Crippen LogP) is 3.70. The third kappa shape index (κ3) is 3.61. The molecular formula is C16H23N3O. The normalized spacial score (nSPS) is 11.1. The van der Waals surface area contributed by atoms with Gasteiger partial charge in [-0.15, -0.1) is 0 Å². The van der Waals surface area contributed by atoms with Crippen molar-refractivity contribution in [1.29, 1.82) is 0 Å². The second-order valence-corrected chi connectivity index (χ2v) is 5.30. The molecule has 0 unspecified atom stereocenters. The van der Waals surface area contributed by atoms with Crippen molar-refractivity contribution in [2.24, 2.45) is 0 Å². The molecule has 0 amide bonds. The lowest BCUT2D eigenvalue weighted by Crippen LogP contribution is -2.07. The van der Waals surface area contributed by atoms with Gasteiger partial charge in [-0.05, 0) is 30.5 Å². The highest BCUT2D eigenvalue weighted by Crippen LogP contribution is 2.21. The van der Waals surface area contributed by atoms with Crippen molar-refractivity contribution >= 4 is 11.6 Å². The average molecular weight is 273 g/mol. The van der Waals surface area contributed by atoms with Gasteiger partial charge in [-0.1, -0.05) is 26.0 Å². The molecule has 0 spiro atoms. The summed E-state index contributed by atoms with van der Waals surface area (Å²) < 4.78 is 7.22. The fraction of sp³-hybridized carbons (Fsp3) is 0.438. The standard InChI is InChI=1S/C16H23N3O/c1-12(2)14-6-5-7-15(10-14)18-16-17-13(3)11-19(16)8-9-20-4/h5-7,10-12H,8-9H2,1-4H3,(H,17,18). The monoisotopic (exact) mass is 273 g/mol. The van der Waals surface area contributed by atoms with E-state index in [9.17, 15) is 0 Å². The number of aryl methyl sites for hydroxylation is 1. The van der Waals surface area contributed by atoms with E-state index in [2.05, 4.69) is 53.0 Å². The molecule has 0 aliphatic heterocycles. The van der Waals surface area contributed by atoms with Crippen LogP contribution in [-0.4, -0.2) is 23.3 Å². The Kier molecular flexibility index (Phi) is 4.79. The van der Waals surface area contributed by atoms with Gasteiger partial charge in [0, 0.05) is 25.5 Å². The second kappa shape index (κ2) is 6.57. The fourth-order valence-corrected chi connectivity index (χ4v) is 2.11. The van der Waals surface area contributed by atoms with Gasteiger partial charge in [-0.3, -0.25) is 0 Å². The van der Waals surface area contributed by atoms with Crippen LogP contribution in [0, 0.1) is 6.92 Å². The summed E-state index contributed by atoms with van der Waals surface area (Å²) >= 11 is 0. The smallest absolute Gasteiger partial charge is 0.207 e. The Bertz CT molecular complexity index is 561. The number of hydrogen-bond donors (Lipinski definition) is 1. The van der Waals surface area contributed by atoms with Crippen LogP contribution >= 0.6 is 0 Å². The van der Waals surface area contributed by atoms with Crippen molar-refractivity contribution < 1.29 is 4.74 Å². The van der Waals surface area contributed by atoms with E-state index in [0.29, 0.717) is 12.5 Å². The van der Waals surface area contributed by atoms with Gasteiger partial charge in [0.1, 0.15) is 0 Å². The van der Waals surface area contributed by atoms with Crippen molar-refractivity contribution in [1.82, 2.24) is 9.55 Å². The van der Waals surface area contributed by atoms with Crippen LogP contribution in [0.3, 0.4) is 0 Å². The first-order valence-electron chi connectivity index (χ1n) is 7.00. The minimum absolute atomic E-state index is 0.520. The highest BCUT2D eigenvalue weighted by molar-refractivity contribution is 5.55. The number of ether oxygens (including phenoxy) is 1. The number of nitrogens with one attached hydrogen (secondary N) is 1. The first kappa shape index (κ1) is 14.6. The van der Waals surface area contributed by atoms with Crippen LogP contribution in [0.5, 0.6) is 0 Å². The van der Waals surface area contributed by atoms with E-state index in [4.69, 9.17) is 4.74 Å². The molecule has 0 atom stereocenters. The van der Waals surface area contributed by atoms with Crippen molar-refractivity contribution in [3.63, 3.8) is 0 Å². The lowest BCUT2D eigenvalue weighted by Gasteiger charge is -2.11. The average Bonchev–Trinajstić information content (AvgIpc) is 2.76. The van der Waals surface area contributed by atoms with E-state index >= 15 is 0 Å². The van der Waals surface area contributed by atoms with Gasteiger partial charge >= 0.3 is 0 Å². The Morgan fingerprint density at radius 3 is 2.85 bits per heavy atom. The largest absolute Gasteiger partial charge is 0.383 e. The molecular weight excluding hydrogens is 250 g/mol. The van der Waals surface area contributed by atoms with Crippen LogP contribution in [-0.2, 0) is 11.3 Å². The predicted molar refractivity (Wildman–Crippen MR) is 82.7 cm³/mol. The summed E-state index contributed by atoms with van der Waals surface area (Å²) in [5.74, 6) is 1.38. The lowest BCUT2D eigenvalue weighted by atomic mass is 10.0. The van der Waals surface area contributed by atoms with Gasteiger partial charge in [-0.2, -0.15) is 0 Å². The summed E-state index contributed by atoms with van der Waals surface area (Å²) in [5.41, 5.74) is 3.39. The maximum absolute atomic E-state index is 5.13. The summed E-state index contributed by atoms with van der Waals surface area (Å²) in [6.07, 6.45) is 2.04. The number of imidazole rings is 1. The molecule has 0 aliphatic rings. The molecule has 0 saturated carbocycles.